The number of hydrogen-bond acceptors (Lipinski definition) is 5. The summed E-state index contributed by atoms with van der Waals surface area (Å²) < 4.78 is 16.9. The normalized spacial score (nSPS) is 23.4. The zero-order chi connectivity index (χ0) is 16.7. The molecule has 0 bridgehead atoms. The van der Waals surface area contributed by atoms with Gasteiger partial charge in [0.25, 0.3) is 0 Å². The summed E-state index contributed by atoms with van der Waals surface area (Å²) >= 11 is 0. The summed E-state index contributed by atoms with van der Waals surface area (Å²) in [6.45, 7) is 5.88. The van der Waals surface area contributed by atoms with Crippen molar-refractivity contribution in [3.8, 4) is 11.5 Å². The zero-order valence-corrected chi connectivity index (χ0v) is 13.9. The number of fused-ring (bicyclic) bond motifs is 3. The third kappa shape index (κ3) is 2.49. The Balaban J connectivity index is 2.40. The van der Waals surface area contributed by atoms with E-state index in [1.807, 2.05) is 20.8 Å². The Morgan fingerprint density at radius 3 is 2.70 bits per heavy atom. The quantitative estimate of drug-likeness (QED) is 0.880. The van der Waals surface area contributed by atoms with Crippen molar-refractivity contribution in [1.82, 2.24) is 0 Å². The van der Waals surface area contributed by atoms with Gasteiger partial charge in [-0.15, -0.1) is 0 Å². The van der Waals surface area contributed by atoms with Gasteiger partial charge in [-0.1, -0.05) is 20.3 Å². The van der Waals surface area contributed by atoms with Crippen LogP contribution in [0.25, 0.3) is 11.0 Å². The largest absolute Gasteiger partial charge is 0.496 e. The maximum absolute atomic E-state index is 12.0. The van der Waals surface area contributed by atoms with E-state index in [0.29, 0.717) is 22.6 Å². The van der Waals surface area contributed by atoms with E-state index in [4.69, 9.17) is 13.9 Å². The summed E-state index contributed by atoms with van der Waals surface area (Å²) in [5.74, 6) is 1.02. The van der Waals surface area contributed by atoms with Crippen LogP contribution in [0.2, 0.25) is 0 Å². The lowest BCUT2D eigenvalue weighted by Crippen LogP contribution is -2.32. The van der Waals surface area contributed by atoms with E-state index in [0.717, 1.165) is 23.8 Å². The molecule has 124 valence electrons. The van der Waals surface area contributed by atoms with Crippen molar-refractivity contribution in [2.24, 2.45) is 5.92 Å². The molecule has 1 aromatic carbocycles. The van der Waals surface area contributed by atoms with Crippen LogP contribution in [0.5, 0.6) is 11.5 Å². The van der Waals surface area contributed by atoms with E-state index < -0.39 is 11.7 Å². The van der Waals surface area contributed by atoms with Gasteiger partial charge >= 0.3 is 5.63 Å². The van der Waals surface area contributed by atoms with Crippen LogP contribution in [0.1, 0.15) is 44.4 Å². The Kier molecular flexibility index (Phi) is 4.06. The molecular formula is C18H22O5. The topological polar surface area (TPSA) is 68.9 Å². The average Bonchev–Trinajstić information content (AvgIpc) is 2.51. The molecule has 3 atom stereocenters. The fourth-order valence-electron chi connectivity index (χ4n) is 3.21. The lowest BCUT2D eigenvalue weighted by Gasteiger charge is -2.34. The van der Waals surface area contributed by atoms with E-state index in [-0.39, 0.29) is 12.0 Å². The Morgan fingerprint density at radius 2 is 2.04 bits per heavy atom. The van der Waals surface area contributed by atoms with Crippen molar-refractivity contribution < 1.29 is 19.0 Å². The minimum Gasteiger partial charge on any atom is -0.496 e. The SMILES string of the molecule is CCCc1cc(=O)oc2c3c(cc(OC)c12)O[C@H](C)[C@H](C)C3O. The molecule has 1 aromatic heterocycles. The number of rotatable bonds is 3. The molecule has 1 aliphatic heterocycles. The zero-order valence-electron chi connectivity index (χ0n) is 13.9. The number of aliphatic hydroxyl groups excluding tert-OH is 1. The molecule has 0 aliphatic carbocycles. The number of hydrogen-bond donors (Lipinski definition) is 1. The van der Waals surface area contributed by atoms with Crippen molar-refractivity contribution in [2.45, 2.75) is 45.8 Å². The molecule has 0 amide bonds. The van der Waals surface area contributed by atoms with Gasteiger partial charge in [0, 0.05) is 18.1 Å². The molecular weight excluding hydrogens is 296 g/mol. The van der Waals surface area contributed by atoms with E-state index in [9.17, 15) is 9.90 Å². The minimum atomic E-state index is -0.748. The van der Waals surface area contributed by atoms with Gasteiger partial charge < -0.3 is 19.0 Å². The standard InChI is InChI=1S/C18H22O5/c1-5-6-11-7-14(19)23-18-15(11)12(21-4)8-13-16(18)17(20)9(2)10(3)22-13/h7-10,17,20H,5-6H2,1-4H3/t9-,10+,17?/m0/s1. The van der Waals surface area contributed by atoms with Crippen LogP contribution in [0, 0.1) is 5.92 Å². The lowest BCUT2D eigenvalue weighted by atomic mass is 9.88. The van der Waals surface area contributed by atoms with Crippen molar-refractivity contribution in [3.63, 3.8) is 0 Å². The smallest absolute Gasteiger partial charge is 0.336 e. The fraction of sp³-hybridized carbons (Fsp3) is 0.500. The molecule has 2 aromatic rings. The number of aryl methyl sites for hydroxylation is 1. The first kappa shape index (κ1) is 15.9. The third-order valence-electron chi connectivity index (χ3n) is 4.65. The van der Waals surface area contributed by atoms with Gasteiger partial charge in [-0.3, -0.25) is 0 Å². The van der Waals surface area contributed by atoms with Gasteiger partial charge in [0.15, 0.2) is 5.58 Å². The molecule has 1 unspecified atom stereocenters. The van der Waals surface area contributed by atoms with Gasteiger partial charge in [-0.2, -0.15) is 0 Å². The molecule has 0 radical (unpaired) electrons. The molecule has 2 heterocycles. The highest BCUT2D eigenvalue weighted by atomic mass is 16.5. The second-order valence-electron chi connectivity index (χ2n) is 6.16. The van der Waals surface area contributed by atoms with Crippen molar-refractivity contribution >= 4 is 11.0 Å². The molecule has 0 saturated heterocycles. The van der Waals surface area contributed by atoms with Crippen molar-refractivity contribution in [1.29, 1.82) is 0 Å². The highest BCUT2D eigenvalue weighted by molar-refractivity contribution is 5.91. The second kappa shape index (κ2) is 5.89. The van der Waals surface area contributed by atoms with E-state index in [1.54, 1.807) is 13.2 Å². The fourth-order valence-corrected chi connectivity index (χ4v) is 3.21. The lowest BCUT2D eigenvalue weighted by molar-refractivity contribution is 0.0178. The monoisotopic (exact) mass is 318 g/mol. The van der Waals surface area contributed by atoms with Gasteiger partial charge in [-0.25, -0.2) is 4.79 Å². The molecule has 23 heavy (non-hydrogen) atoms. The number of aliphatic hydroxyl groups is 1. The van der Waals surface area contributed by atoms with Crippen molar-refractivity contribution in [3.05, 3.63) is 33.7 Å². The third-order valence-corrected chi connectivity index (χ3v) is 4.65. The van der Waals surface area contributed by atoms with Gasteiger partial charge in [0.05, 0.1) is 24.2 Å². The van der Waals surface area contributed by atoms with Crippen LogP contribution in [0.3, 0.4) is 0 Å². The molecule has 0 spiro atoms. The van der Waals surface area contributed by atoms with E-state index in [2.05, 4.69) is 0 Å². The summed E-state index contributed by atoms with van der Waals surface area (Å²) in [5.41, 5.74) is 1.37. The molecule has 0 saturated carbocycles. The number of methoxy groups -OCH3 is 1. The summed E-state index contributed by atoms with van der Waals surface area (Å²) in [5, 5.41) is 11.4. The van der Waals surface area contributed by atoms with Gasteiger partial charge in [-0.05, 0) is 18.9 Å². The Hall–Kier alpha value is -2.01. The van der Waals surface area contributed by atoms with Crippen LogP contribution in [0.4, 0.5) is 0 Å². The highest BCUT2D eigenvalue weighted by Crippen LogP contribution is 2.46. The molecule has 5 nitrogen and oxygen atoms in total. The predicted octanol–water partition coefficient (Wildman–Crippen LogP) is 3.20. The maximum atomic E-state index is 12.0. The Morgan fingerprint density at radius 1 is 1.30 bits per heavy atom. The summed E-state index contributed by atoms with van der Waals surface area (Å²) in [7, 11) is 1.58. The second-order valence-corrected chi connectivity index (χ2v) is 6.16. The number of benzene rings is 1. The highest BCUT2D eigenvalue weighted by Gasteiger charge is 2.35. The van der Waals surface area contributed by atoms with Crippen LogP contribution in [0.15, 0.2) is 21.3 Å². The van der Waals surface area contributed by atoms with Gasteiger partial charge in [0.2, 0.25) is 0 Å². The number of ether oxygens (including phenoxy) is 2. The van der Waals surface area contributed by atoms with Crippen LogP contribution in [-0.2, 0) is 6.42 Å². The molecule has 0 fully saturated rings. The molecule has 3 rings (SSSR count). The van der Waals surface area contributed by atoms with Crippen molar-refractivity contribution in [2.75, 3.05) is 7.11 Å². The first-order valence-electron chi connectivity index (χ1n) is 8.00. The molecule has 5 heteroatoms. The van der Waals surface area contributed by atoms with Crippen LogP contribution < -0.4 is 15.1 Å². The first-order valence-corrected chi connectivity index (χ1v) is 8.00. The maximum Gasteiger partial charge on any atom is 0.336 e. The van der Waals surface area contributed by atoms with Gasteiger partial charge in [0.1, 0.15) is 17.6 Å². The summed E-state index contributed by atoms with van der Waals surface area (Å²) in [6.07, 6.45) is 0.748. The Labute approximate surface area is 134 Å². The molecule has 1 aliphatic rings. The van der Waals surface area contributed by atoms with E-state index in [1.165, 1.54) is 6.07 Å². The summed E-state index contributed by atoms with van der Waals surface area (Å²) in [4.78, 5) is 12.0. The Bertz CT molecular complexity index is 792. The summed E-state index contributed by atoms with van der Waals surface area (Å²) in [6, 6.07) is 3.28. The predicted molar refractivity (Wildman–Crippen MR) is 87.2 cm³/mol. The minimum absolute atomic E-state index is 0.0979. The average molecular weight is 318 g/mol. The molecule has 1 N–H and O–H groups in total. The van der Waals surface area contributed by atoms with Crippen LogP contribution >= 0.6 is 0 Å². The van der Waals surface area contributed by atoms with Crippen LogP contribution in [-0.4, -0.2) is 18.3 Å². The van der Waals surface area contributed by atoms with E-state index >= 15 is 0 Å². The first-order chi connectivity index (χ1) is 11.0.